The molecule has 0 aliphatic carbocycles. The molecule has 0 aliphatic rings. The van der Waals surface area contributed by atoms with Gasteiger partial charge in [0.1, 0.15) is 19.3 Å². The molecule has 0 saturated heterocycles. The number of phosphoric acid groups is 2. The van der Waals surface area contributed by atoms with Gasteiger partial charge in [0, 0.05) is 25.7 Å². The van der Waals surface area contributed by atoms with Crippen LogP contribution in [0, 0.1) is 5.92 Å². The molecule has 3 N–H and O–H groups in total. The average molecular weight is 1300 g/mol. The Labute approximate surface area is 537 Å². The number of carbonyl (C=O) groups is 4. The van der Waals surface area contributed by atoms with E-state index in [0.29, 0.717) is 25.7 Å². The lowest BCUT2D eigenvalue weighted by molar-refractivity contribution is -0.161. The molecule has 19 heteroatoms. The fourth-order valence-electron chi connectivity index (χ4n) is 10.5. The molecule has 0 radical (unpaired) electrons. The summed E-state index contributed by atoms with van der Waals surface area (Å²) >= 11 is 0. The molecular weight excluding hydrogens is 1160 g/mol. The van der Waals surface area contributed by atoms with Gasteiger partial charge >= 0.3 is 39.5 Å². The Morgan fingerprint density at radius 1 is 0.307 bits per heavy atom. The van der Waals surface area contributed by atoms with E-state index in [1.165, 1.54) is 154 Å². The van der Waals surface area contributed by atoms with Gasteiger partial charge in [0.05, 0.1) is 26.4 Å². The van der Waals surface area contributed by atoms with Gasteiger partial charge in [0.2, 0.25) is 0 Å². The van der Waals surface area contributed by atoms with Crippen LogP contribution in [0.1, 0.15) is 356 Å². The zero-order valence-electron chi connectivity index (χ0n) is 56.9. The summed E-state index contributed by atoms with van der Waals surface area (Å²) in [5, 5.41) is 10.5. The first-order valence-electron chi connectivity index (χ1n) is 36.1. The molecular formula is C69H134O17P2. The lowest BCUT2D eigenvalue weighted by Gasteiger charge is -2.21. The smallest absolute Gasteiger partial charge is 0.462 e. The SMILES string of the molecule is CCCCCCCCCCCCCCCC(=O)OC[C@H](COP(=O)(O)OC[C@@H](O)COP(=O)(O)OC[C@@H](COC(=O)CCCCCCCCC)OC(=O)CCCCCCCCC)OC(=O)CCCCCCCCCCCCCCCCCCCCC(C)C. The molecule has 0 heterocycles. The van der Waals surface area contributed by atoms with Crippen LogP contribution in [0.15, 0.2) is 0 Å². The van der Waals surface area contributed by atoms with E-state index >= 15 is 0 Å². The van der Waals surface area contributed by atoms with Crippen molar-refractivity contribution in [3.8, 4) is 0 Å². The largest absolute Gasteiger partial charge is 0.472 e. The van der Waals surface area contributed by atoms with E-state index in [-0.39, 0.29) is 25.7 Å². The number of rotatable bonds is 69. The van der Waals surface area contributed by atoms with Crippen molar-refractivity contribution < 1.29 is 80.2 Å². The van der Waals surface area contributed by atoms with Crippen molar-refractivity contribution in [3.05, 3.63) is 0 Å². The number of unbranched alkanes of at least 4 members (excludes halogenated alkanes) is 41. The molecule has 88 heavy (non-hydrogen) atoms. The molecule has 0 aromatic heterocycles. The summed E-state index contributed by atoms with van der Waals surface area (Å²) in [6, 6.07) is 0. The monoisotopic (exact) mass is 1300 g/mol. The van der Waals surface area contributed by atoms with E-state index in [0.717, 1.165) is 121 Å². The Kier molecular flexibility index (Phi) is 61.1. The van der Waals surface area contributed by atoms with Gasteiger partial charge in [-0.1, -0.05) is 304 Å². The number of carbonyl (C=O) groups excluding carboxylic acids is 4. The van der Waals surface area contributed by atoms with Crippen LogP contribution in [-0.2, 0) is 65.4 Å². The highest BCUT2D eigenvalue weighted by atomic mass is 31.2. The second-order valence-corrected chi connectivity index (χ2v) is 28.3. The molecule has 0 bridgehead atoms. The molecule has 17 nitrogen and oxygen atoms in total. The van der Waals surface area contributed by atoms with Crippen molar-refractivity contribution in [2.24, 2.45) is 5.92 Å². The summed E-state index contributed by atoms with van der Waals surface area (Å²) in [7, 11) is -9.88. The van der Waals surface area contributed by atoms with Crippen LogP contribution in [0.25, 0.3) is 0 Å². The van der Waals surface area contributed by atoms with E-state index in [9.17, 15) is 43.2 Å². The molecule has 5 atom stereocenters. The molecule has 0 aliphatic heterocycles. The van der Waals surface area contributed by atoms with E-state index in [1.54, 1.807) is 0 Å². The Morgan fingerprint density at radius 2 is 0.523 bits per heavy atom. The quantitative estimate of drug-likeness (QED) is 0.0222. The lowest BCUT2D eigenvalue weighted by atomic mass is 10.0. The van der Waals surface area contributed by atoms with Crippen LogP contribution in [0.5, 0.6) is 0 Å². The number of aliphatic hydroxyl groups excluding tert-OH is 1. The number of phosphoric ester groups is 2. The van der Waals surface area contributed by atoms with Gasteiger partial charge < -0.3 is 33.8 Å². The van der Waals surface area contributed by atoms with E-state index in [2.05, 4.69) is 34.6 Å². The second kappa shape index (κ2) is 62.5. The van der Waals surface area contributed by atoms with Crippen molar-refractivity contribution in [3.63, 3.8) is 0 Å². The van der Waals surface area contributed by atoms with Crippen LogP contribution in [0.4, 0.5) is 0 Å². The highest BCUT2D eigenvalue weighted by Crippen LogP contribution is 2.45. The summed E-state index contributed by atoms with van der Waals surface area (Å²) in [4.78, 5) is 72.2. The lowest BCUT2D eigenvalue weighted by Crippen LogP contribution is -2.30. The number of ether oxygens (including phenoxy) is 4. The van der Waals surface area contributed by atoms with E-state index in [4.69, 9.17) is 37.0 Å². The third-order valence-corrected chi connectivity index (χ3v) is 17.9. The predicted octanol–water partition coefficient (Wildman–Crippen LogP) is 19.7. The van der Waals surface area contributed by atoms with Crippen molar-refractivity contribution >= 4 is 39.5 Å². The van der Waals surface area contributed by atoms with Crippen LogP contribution in [0.3, 0.4) is 0 Å². The van der Waals surface area contributed by atoms with Crippen molar-refractivity contribution in [1.29, 1.82) is 0 Å². The van der Waals surface area contributed by atoms with Gasteiger partial charge in [-0.05, 0) is 31.6 Å². The minimum atomic E-state index is -4.95. The zero-order chi connectivity index (χ0) is 64.9. The summed E-state index contributed by atoms with van der Waals surface area (Å²) in [6.45, 7) is 7.19. The topological polar surface area (TPSA) is 237 Å². The van der Waals surface area contributed by atoms with Crippen LogP contribution in [0.2, 0.25) is 0 Å². The van der Waals surface area contributed by atoms with Crippen molar-refractivity contribution in [2.45, 2.75) is 374 Å². The summed E-state index contributed by atoms with van der Waals surface area (Å²) in [6.07, 6.45) is 49.0. The average Bonchev–Trinajstić information content (AvgIpc) is 3.58. The maximum absolute atomic E-state index is 13.0. The second-order valence-electron chi connectivity index (χ2n) is 25.4. The molecule has 0 saturated carbocycles. The molecule has 2 unspecified atom stereocenters. The fourth-order valence-corrected chi connectivity index (χ4v) is 12.0. The normalized spacial score (nSPS) is 14.1. The number of hydrogen-bond donors (Lipinski definition) is 3. The van der Waals surface area contributed by atoms with E-state index < -0.39 is 97.5 Å². The minimum absolute atomic E-state index is 0.104. The van der Waals surface area contributed by atoms with Gasteiger partial charge in [-0.15, -0.1) is 0 Å². The Balaban J connectivity index is 5.10. The zero-order valence-corrected chi connectivity index (χ0v) is 58.6. The van der Waals surface area contributed by atoms with Gasteiger partial charge in [0.25, 0.3) is 0 Å². The highest BCUT2D eigenvalue weighted by molar-refractivity contribution is 7.47. The Morgan fingerprint density at radius 3 is 0.773 bits per heavy atom. The van der Waals surface area contributed by atoms with Crippen molar-refractivity contribution in [2.75, 3.05) is 39.6 Å². The predicted molar refractivity (Wildman–Crippen MR) is 354 cm³/mol. The molecule has 0 amide bonds. The maximum atomic E-state index is 13.0. The molecule has 0 rings (SSSR count). The molecule has 0 aromatic rings. The minimum Gasteiger partial charge on any atom is -0.462 e. The first-order valence-corrected chi connectivity index (χ1v) is 39.1. The summed E-state index contributed by atoms with van der Waals surface area (Å²) in [5.74, 6) is -1.31. The highest BCUT2D eigenvalue weighted by Gasteiger charge is 2.30. The Bertz CT molecular complexity index is 1700. The Hall–Kier alpha value is -1.94. The number of aliphatic hydroxyl groups is 1. The van der Waals surface area contributed by atoms with Crippen molar-refractivity contribution in [1.82, 2.24) is 0 Å². The molecule has 0 fully saturated rings. The number of esters is 4. The first-order chi connectivity index (χ1) is 42.5. The molecule has 522 valence electrons. The van der Waals surface area contributed by atoms with Gasteiger partial charge in [0.15, 0.2) is 12.2 Å². The van der Waals surface area contributed by atoms with Gasteiger partial charge in [-0.3, -0.25) is 37.3 Å². The summed E-state index contributed by atoms with van der Waals surface area (Å²) < 4.78 is 68.0. The number of hydrogen-bond acceptors (Lipinski definition) is 15. The first kappa shape index (κ1) is 86.1. The van der Waals surface area contributed by atoms with Crippen LogP contribution in [-0.4, -0.2) is 96.7 Å². The van der Waals surface area contributed by atoms with Gasteiger partial charge in [-0.2, -0.15) is 0 Å². The molecule has 0 spiro atoms. The van der Waals surface area contributed by atoms with Gasteiger partial charge in [-0.25, -0.2) is 9.13 Å². The summed E-state index contributed by atoms with van der Waals surface area (Å²) in [5.41, 5.74) is 0. The fraction of sp³-hybridized carbons (Fsp3) is 0.942. The molecule has 0 aromatic carbocycles. The standard InChI is InChI=1S/C69H134O17P2/c1-6-9-12-15-18-19-20-27-31-34-39-43-48-53-67(72)80-59-65(86-69(74)55-50-45-40-35-32-29-26-24-22-21-23-25-28-30-33-38-41-46-51-62(4)5)61-84-88(77,78)82-57-63(70)56-81-87(75,76)83-60-64(85-68(73)54-49-44-37-17-14-11-8-3)58-79-66(71)52-47-42-36-16-13-10-7-2/h62-65,70H,6-61H2,1-5H3,(H,75,76)(H,77,78)/t63-,64+,65+/m0/s1. The third-order valence-electron chi connectivity index (χ3n) is 16.0. The van der Waals surface area contributed by atoms with Crippen LogP contribution >= 0.6 is 15.6 Å². The third kappa shape index (κ3) is 62.8. The maximum Gasteiger partial charge on any atom is 0.472 e. The van der Waals surface area contributed by atoms with Crippen LogP contribution < -0.4 is 0 Å². The van der Waals surface area contributed by atoms with E-state index in [1.807, 2.05) is 0 Å².